The number of fused-ring (bicyclic) bond motifs is 1. The van der Waals surface area contributed by atoms with Gasteiger partial charge in [-0.2, -0.15) is 0 Å². The fraction of sp³-hybridized carbons (Fsp3) is 0.577. The third-order valence-electron chi connectivity index (χ3n) is 7.12. The summed E-state index contributed by atoms with van der Waals surface area (Å²) in [6.07, 6.45) is 6.35. The summed E-state index contributed by atoms with van der Waals surface area (Å²) in [4.78, 5) is 25.3. The summed E-state index contributed by atoms with van der Waals surface area (Å²) >= 11 is 0. The summed E-state index contributed by atoms with van der Waals surface area (Å²) in [5, 5.41) is 1.45. The predicted octanol–water partition coefficient (Wildman–Crippen LogP) is 6.71. The minimum absolute atomic E-state index is 0.102. The quantitative estimate of drug-likeness (QED) is 0.231. The minimum Gasteiger partial charge on any atom is -0.352 e. The van der Waals surface area contributed by atoms with E-state index >= 15 is 0 Å². The number of nitrogens with zero attached hydrogens (tertiary/aromatic N) is 4. The highest BCUT2D eigenvalue weighted by molar-refractivity contribution is 7.63. The summed E-state index contributed by atoms with van der Waals surface area (Å²) in [5.74, 6) is 1.77. The van der Waals surface area contributed by atoms with Gasteiger partial charge in [0.2, 0.25) is 5.08 Å². The number of ether oxygens (including phenoxy) is 1. The van der Waals surface area contributed by atoms with Gasteiger partial charge in [-0.1, -0.05) is 31.9 Å². The molecule has 4 atom stereocenters. The lowest BCUT2D eigenvalue weighted by molar-refractivity contribution is 0.0492. The van der Waals surface area contributed by atoms with Crippen LogP contribution in [0.3, 0.4) is 0 Å². The minimum atomic E-state index is -4.44. The average Bonchev–Trinajstić information content (AvgIpc) is 3.58. The second-order valence-electron chi connectivity index (χ2n) is 10.1. The SMILES string of the molecule is CCOC([PH2]=O)(c1ccc(Nc2nc(C3CCCC3)nc3c2ncn3C(C)C)cc1)P(=O)(O)OC(C)CC. The van der Waals surface area contributed by atoms with Gasteiger partial charge in [0.25, 0.3) is 0 Å². The molecule has 1 saturated carbocycles. The van der Waals surface area contributed by atoms with E-state index in [-0.39, 0.29) is 12.6 Å². The van der Waals surface area contributed by atoms with Crippen molar-refractivity contribution >= 4 is 38.7 Å². The second-order valence-corrected chi connectivity index (χ2v) is 13.6. The van der Waals surface area contributed by atoms with Crippen molar-refractivity contribution < 1.29 is 23.3 Å². The maximum atomic E-state index is 13.4. The van der Waals surface area contributed by atoms with Gasteiger partial charge in [0.1, 0.15) is 14.3 Å². The van der Waals surface area contributed by atoms with Crippen LogP contribution in [0.2, 0.25) is 0 Å². The van der Waals surface area contributed by atoms with E-state index in [2.05, 4.69) is 24.1 Å². The van der Waals surface area contributed by atoms with Gasteiger partial charge in [0.05, 0.1) is 12.4 Å². The fourth-order valence-corrected chi connectivity index (χ4v) is 7.65. The maximum absolute atomic E-state index is 13.4. The zero-order valence-corrected chi connectivity index (χ0v) is 24.8. The molecule has 0 aliphatic heterocycles. The van der Waals surface area contributed by atoms with Crippen LogP contribution in [0.1, 0.15) is 90.1 Å². The molecule has 1 aromatic carbocycles. The van der Waals surface area contributed by atoms with Crippen molar-refractivity contribution in [2.45, 2.75) is 89.9 Å². The number of hydrogen-bond donors (Lipinski definition) is 2. The highest BCUT2D eigenvalue weighted by Gasteiger charge is 2.52. The Hall–Kier alpha value is -2.09. The molecule has 1 fully saturated rings. The standard InChI is InChI=1S/C26H39N5O5P2/c1-6-18(5)36-38(33,34)26(37-32,35-7-2)20-12-14-21(15-13-20)28-24-22-25(31(16-27-22)17(3)4)30-23(29-24)19-10-8-9-11-19/h12-19H,6-11,37H2,1-5H3,(H,33,34)(H,28,29,30). The van der Waals surface area contributed by atoms with E-state index < -0.39 is 27.2 Å². The van der Waals surface area contributed by atoms with Crippen molar-refractivity contribution in [3.63, 3.8) is 0 Å². The lowest BCUT2D eigenvalue weighted by Crippen LogP contribution is -2.26. The number of nitrogens with one attached hydrogen (secondary N) is 1. The smallest absolute Gasteiger partial charge is 0.352 e. The molecule has 2 heterocycles. The molecular formula is C26H39N5O5P2. The molecule has 4 unspecified atom stereocenters. The first-order valence-corrected chi connectivity index (χ1v) is 16.0. The fourth-order valence-electron chi connectivity index (χ4n) is 4.81. The number of hydrogen-bond acceptors (Lipinski definition) is 8. The molecule has 2 N–H and O–H groups in total. The molecule has 10 nitrogen and oxygen atoms in total. The number of rotatable bonds is 12. The van der Waals surface area contributed by atoms with Crippen molar-refractivity contribution in [2.75, 3.05) is 11.9 Å². The Morgan fingerprint density at radius 3 is 2.45 bits per heavy atom. The van der Waals surface area contributed by atoms with Gasteiger partial charge in [0.15, 0.2) is 17.0 Å². The Bertz CT molecular complexity index is 1310. The van der Waals surface area contributed by atoms with Crippen molar-refractivity contribution in [1.29, 1.82) is 0 Å². The Balaban J connectivity index is 1.70. The van der Waals surface area contributed by atoms with Crippen LogP contribution in [0, 0.1) is 0 Å². The topological polar surface area (TPSA) is 128 Å². The summed E-state index contributed by atoms with van der Waals surface area (Å²) in [7, 11) is -6.27. The van der Waals surface area contributed by atoms with Gasteiger partial charge in [-0.3, -0.25) is 4.57 Å². The van der Waals surface area contributed by atoms with Crippen LogP contribution in [0.5, 0.6) is 0 Å². The molecule has 208 valence electrons. The Morgan fingerprint density at radius 1 is 1.18 bits per heavy atom. The lowest BCUT2D eigenvalue weighted by atomic mass is 10.1. The lowest BCUT2D eigenvalue weighted by Gasteiger charge is -2.33. The molecule has 0 bridgehead atoms. The van der Waals surface area contributed by atoms with E-state index in [0.717, 1.165) is 24.3 Å². The molecule has 38 heavy (non-hydrogen) atoms. The second kappa shape index (κ2) is 12.0. The zero-order chi connectivity index (χ0) is 27.5. The summed E-state index contributed by atoms with van der Waals surface area (Å²) in [6, 6.07) is 7.00. The molecular weight excluding hydrogens is 524 g/mol. The van der Waals surface area contributed by atoms with Crippen molar-refractivity contribution in [3.8, 4) is 0 Å². The number of imidazole rings is 1. The Labute approximate surface area is 225 Å². The van der Waals surface area contributed by atoms with E-state index in [0.29, 0.717) is 34.9 Å². The average molecular weight is 564 g/mol. The summed E-state index contributed by atoms with van der Waals surface area (Å²) < 4.78 is 39.1. The monoisotopic (exact) mass is 563 g/mol. The molecule has 0 amide bonds. The van der Waals surface area contributed by atoms with Crippen LogP contribution < -0.4 is 5.32 Å². The third kappa shape index (κ3) is 5.61. The van der Waals surface area contributed by atoms with E-state index in [9.17, 15) is 14.0 Å². The van der Waals surface area contributed by atoms with Crippen LogP contribution in [0.25, 0.3) is 11.2 Å². The third-order valence-corrected chi connectivity index (χ3v) is 11.1. The maximum Gasteiger partial charge on any atom is 0.371 e. The highest BCUT2D eigenvalue weighted by Crippen LogP contribution is 2.67. The molecule has 1 aliphatic rings. The van der Waals surface area contributed by atoms with Crippen molar-refractivity contribution in [3.05, 3.63) is 42.0 Å². The Morgan fingerprint density at radius 2 is 1.87 bits per heavy atom. The molecule has 1 aliphatic carbocycles. The van der Waals surface area contributed by atoms with Crippen LogP contribution in [-0.2, 0) is 23.5 Å². The van der Waals surface area contributed by atoms with E-state index in [1.54, 1.807) is 44.4 Å². The summed E-state index contributed by atoms with van der Waals surface area (Å²) in [5.41, 5.74) is 2.50. The molecule has 2 aromatic heterocycles. The normalized spacial score (nSPS) is 18.8. The van der Waals surface area contributed by atoms with E-state index in [4.69, 9.17) is 19.2 Å². The van der Waals surface area contributed by atoms with E-state index in [1.807, 2.05) is 11.5 Å². The van der Waals surface area contributed by atoms with Crippen molar-refractivity contribution in [1.82, 2.24) is 19.5 Å². The molecule has 0 saturated heterocycles. The van der Waals surface area contributed by atoms with E-state index in [1.165, 1.54) is 12.8 Å². The summed E-state index contributed by atoms with van der Waals surface area (Å²) in [6.45, 7) is 9.54. The number of benzene rings is 1. The first kappa shape index (κ1) is 28.9. The van der Waals surface area contributed by atoms with Gasteiger partial charge in [-0.25, -0.2) is 15.0 Å². The van der Waals surface area contributed by atoms with Crippen molar-refractivity contribution in [2.24, 2.45) is 0 Å². The van der Waals surface area contributed by atoms with Gasteiger partial charge in [-0.05, 0) is 59.1 Å². The highest BCUT2D eigenvalue weighted by atomic mass is 31.2. The molecule has 4 rings (SSSR count). The molecule has 0 spiro atoms. The first-order chi connectivity index (χ1) is 18.2. The van der Waals surface area contributed by atoms with Gasteiger partial charge < -0.3 is 28.6 Å². The number of anilines is 2. The largest absolute Gasteiger partial charge is 0.371 e. The van der Waals surface area contributed by atoms with Crippen LogP contribution in [0.4, 0.5) is 11.5 Å². The molecule has 0 radical (unpaired) electrons. The van der Waals surface area contributed by atoms with Gasteiger partial charge in [0, 0.05) is 29.8 Å². The van der Waals surface area contributed by atoms with Gasteiger partial charge in [-0.15, -0.1) is 0 Å². The molecule has 12 heteroatoms. The number of aromatic nitrogens is 4. The predicted molar refractivity (Wildman–Crippen MR) is 151 cm³/mol. The van der Waals surface area contributed by atoms with Crippen LogP contribution in [-0.4, -0.2) is 37.1 Å². The first-order valence-electron chi connectivity index (χ1n) is 13.4. The van der Waals surface area contributed by atoms with Gasteiger partial charge >= 0.3 is 7.60 Å². The molecule has 3 aromatic rings. The Kier molecular flexibility index (Phi) is 9.11. The van der Waals surface area contributed by atoms with Crippen LogP contribution in [0.15, 0.2) is 30.6 Å². The zero-order valence-electron chi connectivity index (χ0n) is 22.8. The van der Waals surface area contributed by atoms with Crippen LogP contribution >= 0.6 is 16.1 Å².